The number of benzene rings is 1. The summed E-state index contributed by atoms with van der Waals surface area (Å²) in [4.78, 5) is 13.5. The second-order valence-electron chi connectivity index (χ2n) is 4.86. The minimum atomic E-state index is -3.06. The van der Waals surface area contributed by atoms with Crippen molar-refractivity contribution < 1.29 is 13.2 Å². The number of rotatable bonds is 7. The lowest BCUT2D eigenvalue weighted by molar-refractivity contribution is 0.0803. The topological polar surface area (TPSA) is 66.5 Å². The van der Waals surface area contributed by atoms with Crippen LogP contribution in [0.25, 0.3) is 0 Å². The van der Waals surface area contributed by atoms with Crippen LogP contribution in [0.1, 0.15) is 23.7 Å². The highest BCUT2D eigenvalue weighted by Crippen LogP contribution is 2.11. The Bertz CT molecular complexity index is 538. The molecule has 0 bridgehead atoms. The van der Waals surface area contributed by atoms with Crippen molar-refractivity contribution in [1.29, 1.82) is 0 Å². The fourth-order valence-electron chi connectivity index (χ4n) is 1.62. The first-order chi connectivity index (χ1) is 9.33. The van der Waals surface area contributed by atoms with E-state index in [1.54, 1.807) is 19.2 Å². The molecule has 0 unspecified atom stereocenters. The molecule has 6 heteroatoms. The first kappa shape index (κ1) is 16.5. The molecule has 0 saturated heterocycles. The van der Waals surface area contributed by atoms with Gasteiger partial charge in [-0.1, -0.05) is 6.92 Å². The Balaban J connectivity index is 2.62. The highest BCUT2D eigenvalue weighted by molar-refractivity contribution is 7.90. The molecular formula is C14H22N2O3S. The molecule has 0 aromatic heterocycles. The van der Waals surface area contributed by atoms with Gasteiger partial charge in [0.1, 0.15) is 9.84 Å². The van der Waals surface area contributed by atoms with Gasteiger partial charge < -0.3 is 10.2 Å². The normalized spacial score (nSPS) is 11.2. The molecule has 0 radical (unpaired) electrons. The maximum Gasteiger partial charge on any atom is 0.253 e. The van der Waals surface area contributed by atoms with Gasteiger partial charge in [0.15, 0.2) is 0 Å². The Morgan fingerprint density at radius 2 is 1.85 bits per heavy atom. The molecule has 0 fully saturated rings. The molecule has 5 nitrogen and oxygen atoms in total. The zero-order chi connectivity index (χ0) is 15.2. The monoisotopic (exact) mass is 298 g/mol. The number of sulfone groups is 1. The number of nitrogens with one attached hydrogen (secondary N) is 1. The van der Waals surface area contributed by atoms with Crippen molar-refractivity contribution in [2.75, 3.05) is 37.5 Å². The van der Waals surface area contributed by atoms with Crippen molar-refractivity contribution in [3.05, 3.63) is 29.8 Å². The predicted octanol–water partition coefficient (Wildman–Crippen LogP) is 1.63. The SMILES string of the molecule is CCCNc1ccc(C(=O)N(C)CCS(C)(=O)=O)cc1. The summed E-state index contributed by atoms with van der Waals surface area (Å²) in [5.74, 6) is -0.193. The van der Waals surface area contributed by atoms with Crippen LogP contribution in [0.5, 0.6) is 0 Å². The van der Waals surface area contributed by atoms with Crippen molar-refractivity contribution in [3.8, 4) is 0 Å². The Morgan fingerprint density at radius 1 is 1.25 bits per heavy atom. The van der Waals surface area contributed by atoms with Crippen molar-refractivity contribution in [3.63, 3.8) is 0 Å². The fraction of sp³-hybridized carbons (Fsp3) is 0.500. The van der Waals surface area contributed by atoms with Crippen molar-refractivity contribution >= 4 is 21.4 Å². The molecule has 0 aliphatic heterocycles. The molecule has 0 heterocycles. The van der Waals surface area contributed by atoms with Crippen LogP contribution in [0.4, 0.5) is 5.69 Å². The Kier molecular flexibility index (Phi) is 6.01. The molecule has 0 aliphatic rings. The lowest BCUT2D eigenvalue weighted by atomic mass is 10.2. The predicted molar refractivity (Wildman–Crippen MR) is 81.9 cm³/mol. The maximum atomic E-state index is 12.1. The van der Waals surface area contributed by atoms with Gasteiger partial charge in [-0.15, -0.1) is 0 Å². The summed E-state index contributed by atoms with van der Waals surface area (Å²) in [6.07, 6.45) is 2.20. The van der Waals surface area contributed by atoms with E-state index in [4.69, 9.17) is 0 Å². The Labute approximate surface area is 120 Å². The van der Waals surface area contributed by atoms with Gasteiger partial charge in [0.25, 0.3) is 5.91 Å². The van der Waals surface area contributed by atoms with Crippen molar-refractivity contribution in [2.45, 2.75) is 13.3 Å². The molecule has 1 rings (SSSR count). The fourth-order valence-corrected chi connectivity index (χ4v) is 2.23. The average Bonchev–Trinajstić information content (AvgIpc) is 2.41. The van der Waals surface area contributed by atoms with E-state index in [2.05, 4.69) is 12.2 Å². The lowest BCUT2D eigenvalue weighted by Crippen LogP contribution is -2.31. The Hall–Kier alpha value is -1.56. The highest BCUT2D eigenvalue weighted by atomic mass is 32.2. The molecule has 1 N–H and O–H groups in total. The lowest BCUT2D eigenvalue weighted by Gasteiger charge is -2.16. The number of carbonyl (C=O) groups excluding carboxylic acids is 1. The third-order valence-corrected chi connectivity index (χ3v) is 3.78. The summed E-state index contributed by atoms with van der Waals surface area (Å²) in [6.45, 7) is 3.18. The summed E-state index contributed by atoms with van der Waals surface area (Å²) in [6, 6.07) is 7.20. The van der Waals surface area contributed by atoms with Gasteiger partial charge in [-0.3, -0.25) is 4.79 Å². The van der Waals surface area contributed by atoms with Crippen LogP contribution >= 0.6 is 0 Å². The second-order valence-corrected chi connectivity index (χ2v) is 7.12. The van der Waals surface area contributed by atoms with E-state index in [0.717, 1.165) is 18.7 Å². The number of anilines is 1. The number of carbonyl (C=O) groups is 1. The highest BCUT2D eigenvalue weighted by Gasteiger charge is 2.13. The number of nitrogens with zero attached hydrogens (tertiary/aromatic N) is 1. The second kappa shape index (κ2) is 7.28. The number of hydrogen-bond donors (Lipinski definition) is 1. The van der Waals surface area contributed by atoms with E-state index >= 15 is 0 Å². The van der Waals surface area contributed by atoms with E-state index in [1.807, 2.05) is 12.1 Å². The van der Waals surface area contributed by atoms with Gasteiger partial charge in [-0.05, 0) is 30.7 Å². The van der Waals surface area contributed by atoms with Crippen LogP contribution in [-0.4, -0.2) is 51.4 Å². The standard InChI is InChI=1S/C14H22N2O3S/c1-4-9-15-13-7-5-12(6-8-13)14(17)16(2)10-11-20(3,18)19/h5-8,15H,4,9-11H2,1-3H3. The molecule has 20 heavy (non-hydrogen) atoms. The van der Waals surface area contributed by atoms with Gasteiger partial charge in [0, 0.05) is 37.6 Å². The molecule has 1 aromatic carbocycles. The minimum Gasteiger partial charge on any atom is -0.385 e. The van der Waals surface area contributed by atoms with Crippen LogP contribution in [-0.2, 0) is 9.84 Å². The molecule has 112 valence electrons. The Morgan fingerprint density at radius 3 is 2.35 bits per heavy atom. The van der Waals surface area contributed by atoms with E-state index in [1.165, 1.54) is 11.2 Å². The van der Waals surface area contributed by atoms with E-state index in [-0.39, 0.29) is 18.2 Å². The van der Waals surface area contributed by atoms with E-state index < -0.39 is 9.84 Å². The smallest absolute Gasteiger partial charge is 0.253 e. The molecule has 0 atom stereocenters. The van der Waals surface area contributed by atoms with Gasteiger partial charge in [0.05, 0.1) is 5.75 Å². The summed E-state index contributed by atoms with van der Waals surface area (Å²) < 4.78 is 22.2. The van der Waals surface area contributed by atoms with Gasteiger partial charge in [-0.25, -0.2) is 8.42 Å². The first-order valence-electron chi connectivity index (χ1n) is 6.60. The third-order valence-electron chi connectivity index (χ3n) is 2.86. The first-order valence-corrected chi connectivity index (χ1v) is 8.66. The van der Waals surface area contributed by atoms with Crippen LogP contribution in [0.15, 0.2) is 24.3 Å². The molecule has 1 aromatic rings. The van der Waals surface area contributed by atoms with Gasteiger partial charge >= 0.3 is 0 Å². The largest absolute Gasteiger partial charge is 0.385 e. The summed E-state index contributed by atoms with van der Waals surface area (Å²) in [5.41, 5.74) is 1.53. The summed E-state index contributed by atoms with van der Waals surface area (Å²) in [7, 11) is -1.45. The van der Waals surface area contributed by atoms with Crippen LogP contribution in [0.3, 0.4) is 0 Å². The molecular weight excluding hydrogens is 276 g/mol. The van der Waals surface area contributed by atoms with E-state index in [9.17, 15) is 13.2 Å². The van der Waals surface area contributed by atoms with Gasteiger partial charge in [0.2, 0.25) is 0 Å². The van der Waals surface area contributed by atoms with Crippen molar-refractivity contribution in [2.24, 2.45) is 0 Å². The van der Waals surface area contributed by atoms with Crippen LogP contribution in [0, 0.1) is 0 Å². The molecule has 0 spiro atoms. The van der Waals surface area contributed by atoms with Crippen molar-refractivity contribution in [1.82, 2.24) is 4.90 Å². The zero-order valence-electron chi connectivity index (χ0n) is 12.2. The minimum absolute atomic E-state index is 0.0224. The number of amides is 1. The maximum absolute atomic E-state index is 12.1. The van der Waals surface area contributed by atoms with Crippen LogP contribution in [0.2, 0.25) is 0 Å². The molecule has 0 aliphatic carbocycles. The molecule has 1 amide bonds. The van der Waals surface area contributed by atoms with E-state index in [0.29, 0.717) is 5.56 Å². The summed E-state index contributed by atoms with van der Waals surface area (Å²) in [5, 5.41) is 3.23. The molecule has 0 saturated carbocycles. The quantitative estimate of drug-likeness (QED) is 0.831. The van der Waals surface area contributed by atoms with Gasteiger partial charge in [-0.2, -0.15) is 0 Å². The van der Waals surface area contributed by atoms with Crippen LogP contribution < -0.4 is 5.32 Å². The average molecular weight is 298 g/mol. The number of hydrogen-bond acceptors (Lipinski definition) is 4. The third kappa shape index (κ3) is 5.61. The zero-order valence-corrected chi connectivity index (χ0v) is 13.0. The summed E-state index contributed by atoms with van der Waals surface area (Å²) >= 11 is 0.